The molecule has 0 spiro atoms. The Bertz CT molecular complexity index is 1830. The number of rotatable bonds is 2. The van der Waals surface area contributed by atoms with Gasteiger partial charge in [-0.05, 0) is 68.2 Å². The van der Waals surface area contributed by atoms with Gasteiger partial charge in [0.05, 0.1) is 4.88 Å². The first-order valence-electron chi connectivity index (χ1n) is 10.9. The van der Waals surface area contributed by atoms with Crippen LogP contribution in [0.1, 0.15) is 0 Å². The lowest BCUT2D eigenvalue weighted by molar-refractivity contribution is 0.669. The molecule has 2 aromatic heterocycles. The number of furan rings is 1. The van der Waals surface area contributed by atoms with E-state index in [1.165, 1.54) is 42.4 Å². The molecule has 0 saturated heterocycles. The van der Waals surface area contributed by atoms with Gasteiger partial charge in [-0.1, -0.05) is 72.8 Å². The lowest BCUT2D eigenvalue weighted by atomic mass is 10.0. The smallest absolute Gasteiger partial charge is 0.135 e. The third kappa shape index (κ3) is 2.97. The Morgan fingerprint density at radius 2 is 1.27 bits per heavy atom. The third-order valence-corrected chi connectivity index (χ3v) is 8.66. The van der Waals surface area contributed by atoms with Gasteiger partial charge in [0.25, 0.3) is 0 Å². The molecule has 0 N–H and O–H groups in total. The van der Waals surface area contributed by atoms with Crippen molar-refractivity contribution in [1.82, 2.24) is 0 Å². The van der Waals surface area contributed by atoms with E-state index in [1.807, 2.05) is 23.5 Å². The van der Waals surface area contributed by atoms with Crippen LogP contribution in [-0.2, 0) is 0 Å². The normalized spacial score (nSPS) is 11.8. The SMILES string of the molecule is Brc1c(-c2cccc3ccccc23)sc2ccc(-c3ccc4oc5ccccc5c4c3)cc12. The first kappa shape index (κ1) is 19.1. The fraction of sp³-hybridized carbons (Fsp3) is 0. The summed E-state index contributed by atoms with van der Waals surface area (Å²) in [6.45, 7) is 0. The highest BCUT2D eigenvalue weighted by Gasteiger charge is 2.15. The van der Waals surface area contributed by atoms with Gasteiger partial charge in [-0.2, -0.15) is 0 Å². The van der Waals surface area contributed by atoms with Crippen LogP contribution in [0.5, 0.6) is 0 Å². The van der Waals surface area contributed by atoms with Gasteiger partial charge >= 0.3 is 0 Å². The van der Waals surface area contributed by atoms with Crippen LogP contribution in [0.25, 0.3) is 64.4 Å². The number of fused-ring (bicyclic) bond motifs is 5. The lowest BCUT2D eigenvalue weighted by Gasteiger charge is -2.05. The van der Waals surface area contributed by atoms with Crippen LogP contribution in [0, 0.1) is 0 Å². The zero-order valence-electron chi connectivity index (χ0n) is 17.5. The molecule has 156 valence electrons. The molecule has 0 aliphatic carbocycles. The van der Waals surface area contributed by atoms with E-state index in [0.29, 0.717) is 0 Å². The first-order chi connectivity index (χ1) is 16.3. The lowest BCUT2D eigenvalue weighted by Crippen LogP contribution is -1.79. The van der Waals surface area contributed by atoms with Crippen LogP contribution in [0.4, 0.5) is 0 Å². The van der Waals surface area contributed by atoms with E-state index >= 15 is 0 Å². The fourth-order valence-electron chi connectivity index (χ4n) is 4.75. The summed E-state index contributed by atoms with van der Waals surface area (Å²) in [5.74, 6) is 0. The largest absolute Gasteiger partial charge is 0.456 e. The third-order valence-electron chi connectivity index (χ3n) is 6.37. The first-order valence-corrected chi connectivity index (χ1v) is 12.5. The molecule has 0 radical (unpaired) electrons. The minimum atomic E-state index is 0.927. The molecule has 7 rings (SSSR count). The van der Waals surface area contributed by atoms with E-state index in [-0.39, 0.29) is 0 Å². The topological polar surface area (TPSA) is 13.1 Å². The standard InChI is InChI=1S/C30H17BrOS/c31-29-25-17-20(19-12-14-27-24(16-19)22-9-3-4-11-26(22)32-27)13-15-28(25)33-30(29)23-10-5-7-18-6-1-2-8-21(18)23/h1-17H. The number of hydrogen-bond donors (Lipinski definition) is 0. The molecule has 0 bridgehead atoms. The maximum absolute atomic E-state index is 6.01. The summed E-state index contributed by atoms with van der Waals surface area (Å²) in [7, 11) is 0. The van der Waals surface area contributed by atoms with Crippen molar-refractivity contribution in [3.8, 4) is 21.6 Å². The number of thiophene rings is 1. The van der Waals surface area contributed by atoms with E-state index in [1.54, 1.807) is 0 Å². The summed E-state index contributed by atoms with van der Waals surface area (Å²) in [6, 6.07) is 36.6. The van der Waals surface area contributed by atoms with Crippen molar-refractivity contribution in [3.63, 3.8) is 0 Å². The summed E-state index contributed by atoms with van der Waals surface area (Å²) < 4.78 is 8.46. The molecule has 2 heterocycles. The molecule has 0 atom stereocenters. The molecule has 0 unspecified atom stereocenters. The Morgan fingerprint density at radius 1 is 0.576 bits per heavy atom. The fourth-order valence-corrected chi connectivity index (χ4v) is 6.78. The second kappa shape index (κ2) is 7.31. The average Bonchev–Trinajstić information content (AvgIpc) is 3.40. The molecule has 0 saturated carbocycles. The quantitative estimate of drug-likeness (QED) is 0.228. The van der Waals surface area contributed by atoms with Gasteiger partial charge in [0.1, 0.15) is 11.2 Å². The summed E-state index contributed by atoms with van der Waals surface area (Å²) >= 11 is 5.78. The summed E-state index contributed by atoms with van der Waals surface area (Å²) in [4.78, 5) is 1.27. The molecule has 7 aromatic rings. The Hall–Kier alpha value is -3.40. The Morgan fingerprint density at radius 3 is 2.18 bits per heavy atom. The highest BCUT2D eigenvalue weighted by Crippen LogP contribution is 2.45. The van der Waals surface area contributed by atoms with Gasteiger partial charge in [-0.15, -0.1) is 11.3 Å². The van der Waals surface area contributed by atoms with Crippen LogP contribution in [0.3, 0.4) is 0 Å². The van der Waals surface area contributed by atoms with Crippen molar-refractivity contribution >= 4 is 70.1 Å². The van der Waals surface area contributed by atoms with Crippen LogP contribution in [-0.4, -0.2) is 0 Å². The van der Waals surface area contributed by atoms with Crippen molar-refractivity contribution in [2.45, 2.75) is 0 Å². The molecule has 0 aliphatic rings. The number of para-hydroxylation sites is 1. The molecule has 33 heavy (non-hydrogen) atoms. The second-order valence-corrected chi connectivity index (χ2v) is 10.1. The van der Waals surface area contributed by atoms with Gasteiger partial charge < -0.3 is 4.42 Å². The Labute approximate surface area is 203 Å². The maximum Gasteiger partial charge on any atom is 0.135 e. The minimum Gasteiger partial charge on any atom is -0.456 e. The van der Waals surface area contributed by atoms with Gasteiger partial charge in [-0.25, -0.2) is 0 Å². The van der Waals surface area contributed by atoms with Crippen molar-refractivity contribution in [2.75, 3.05) is 0 Å². The minimum absolute atomic E-state index is 0.927. The van der Waals surface area contributed by atoms with Crippen LogP contribution >= 0.6 is 27.3 Å². The summed E-state index contributed by atoms with van der Waals surface area (Å²) in [5.41, 5.74) is 5.53. The highest BCUT2D eigenvalue weighted by molar-refractivity contribution is 9.10. The van der Waals surface area contributed by atoms with Gasteiger partial charge in [0.2, 0.25) is 0 Å². The predicted molar refractivity (Wildman–Crippen MR) is 145 cm³/mol. The van der Waals surface area contributed by atoms with Crippen LogP contribution in [0.15, 0.2) is 112 Å². The molecule has 0 amide bonds. The van der Waals surface area contributed by atoms with E-state index in [9.17, 15) is 0 Å². The predicted octanol–water partition coefficient (Wildman–Crippen LogP) is 10.1. The van der Waals surface area contributed by atoms with Gasteiger partial charge in [-0.3, -0.25) is 0 Å². The Balaban J connectivity index is 1.40. The van der Waals surface area contributed by atoms with E-state index < -0.39 is 0 Å². The zero-order chi connectivity index (χ0) is 21.9. The molecular weight excluding hydrogens is 488 g/mol. The molecule has 5 aromatic carbocycles. The van der Waals surface area contributed by atoms with Crippen LogP contribution in [0.2, 0.25) is 0 Å². The molecule has 0 fully saturated rings. The summed E-state index contributed by atoms with van der Waals surface area (Å²) in [5, 5.41) is 6.11. The van der Waals surface area contributed by atoms with Crippen molar-refractivity contribution in [2.24, 2.45) is 0 Å². The Kier molecular flexibility index (Phi) is 4.23. The number of hydrogen-bond acceptors (Lipinski definition) is 2. The van der Waals surface area contributed by atoms with Gasteiger partial charge in [0.15, 0.2) is 0 Å². The van der Waals surface area contributed by atoms with E-state index in [4.69, 9.17) is 4.42 Å². The number of benzene rings is 5. The zero-order valence-corrected chi connectivity index (χ0v) is 19.9. The van der Waals surface area contributed by atoms with Crippen molar-refractivity contribution in [1.29, 1.82) is 0 Å². The van der Waals surface area contributed by atoms with Crippen LogP contribution < -0.4 is 0 Å². The molecule has 1 nitrogen and oxygen atoms in total. The average molecular weight is 505 g/mol. The van der Waals surface area contributed by atoms with Crippen molar-refractivity contribution in [3.05, 3.63) is 108 Å². The van der Waals surface area contributed by atoms with Crippen molar-refractivity contribution < 1.29 is 4.42 Å². The molecular formula is C30H17BrOS. The number of halogens is 1. The summed E-state index contributed by atoms with van der Waals surface area (Å²) in [6.07, 6.45) is 0. The monoisotopic (exact) mass is 504 g/mol. The van der Waals surface area contributed by atoms with E-state index in [0.717, 1.165) is 26.4 Å². The van der Waals surface area contributed by atoms with E-state index in [2.05, 4.69) is 107 Å². The molecule has 3 heteroatoms. The maximum atomic E-state index is 6.01. The highest BCUT2D eigenvalue weighted by atomic mass is 79.9. The molecule has 0 aliphatic heterocycles. The van der Waals surface area contributed by atoms with Gasteiger partial charge in [0, 0.05) is 30.9 Å². The second-order valence-electron chi connectivity index (χ2n) is 8.29.